The number of nitrogens with one attached hydrogen (secondary N) is 1. The van der Waals surface area contributed by atoms with Crippen LogP contribution in [0, 0.1) is 13.8 Å². The van der Waals surface area contributed by atoms with Gasteiger partial charge in [0.25, 0.3) is 0 Å². The van der Waals surface area contributed by atoms with Crippen molar-refractivity contribution in [2.75, 3.05) is 0 Å². The van der Waals surface area contributed by atoms with Crippen molar-refractivity contribution in [1.29, 1.82) is 0 Å². The molecule has 0 amide bonds. The van der Waals surface area contributed by atoms with E-state index < -0.39 is 10.0 Å². The maximum atomic E-state index is 12.5. The number of furan rings is 2. The topological polar surface area (TPSA) is 92.7 Å². The molecule has 1 atom stereocenters. The number of aliphatic hydroxyl groups is 1. The highest BCUT2D eigenvalue weighted by Gasteiger charge is 2.27. The van der Waals surface area contributed by atoms with Crippen LogP contribution in [0.5, 0.6) is 0 Å². The summed E-state index contributed by atoms with van der Waals surface area (Å²) in [7, 11) is -3.76. The molecule has 0 aliphatic carbocycles. The second kappa shape index (κ2) is 6.05. The average Bonchev–Trinajstić information content (AvgIpc) is 2.95. The monoisotopic (exact) mass is 313 g/mol. The molecule has 0 saturated carbocycles. The van der Waals surface area contributed by atoms with Crippen LogP contribution < -0.4 is 4.72 Å². The second-order valence-corrected chi connectivity index (χ2v) is 6.64. The molecule has 0 aliphatic rings. The summed E-state index contributed by atoms with van der Waals surface area (Å²) in [6, 6.07) is 3.20. The first-order valence-electron chi connectivity index (χ1n) is 6.59. The SMILES string of the molecule is Cc1oc(C)c(S(=O)(=O)NC(C)Cc2ccco2)c1CO. The van der Waals surface area contributed by atoms with Crippen molar-refractivity contribution >= 4 is 10.0 Å². The third-order valence-corrected chi connectivity index (χ3v) is 4.98. The van der Waals surface area contributed by atoms with Crippen LogP contribution in [0.15, 0.2) is 32.1 Å². The van der Waals surface area contributed by atoms with Crippen LogP contribution in [0.3, 0.4) is 0 Å². The summed E-state index contributed by atoms with van der Waals surface area (Å²) in [6.07, 6.45) is 1.99. The third kappa shape index (κ3) is 3.37. The second-order valence-electron chi connectivity index (χ2n) is 4.99. The van der Waals surface area contributed by atoms with Crippen molar-refractivity contribution in [3.63, 3.8) is 0 Å². The van der Waals surface area contributed by atoms with Gasteiger partial charge in [0.15, 0.2) is 0 Å². The fourth-order valence-corrected chi connectivity index (χ4v) is 4.02. The third-order valence-electron chi connectivity index (χ3n) is 3.20. The molecule has 2 rings (SSSR count). The molecule has 116 valence electrons. The highest BCUT2D eigenvalue weighted by Crippen LogP contribution is 2.26. The number of hydrogen-bond donors (Lipinski definition) is 2. The first-order chi connectivity index (χ1) is 9.85. The molecule has 0 aliphatic heterocycles. The Morgan fingerprint density at radius 2 is 2.05 bits per heavy atom. The molecule has 1 unspecified atom stereocenters. The Kier molecular flexibility index (Phi) is 4.55. The van der Waals surface area contributed by atoms with Gasteiger partial charge in [-0.15, -0.1) is 0 Å². The normalized spacial score (nSPS) is 13.5. The van der Waals surface area contributed by atoms with E-state index in [1.165, 1.54) is 0 Å². The van der Waals surface area contributed by atoms with E-state index in [1.807, 2.05) is 0 Å². The van der Waals surface area contributed by atoms with Crippen LogP contribution in [-0.4, -0.2) is 19.6 Å². The molecule has 0 radical (unpaired) electrons. The van der Waals surface area contributed by atoms with Crippen molar-refractivity contribution in [2.45, 2.75) is 44.7 Å². The molecular weight excluding hydrogens is 294 g/mol. The van der Waals surface area contributed by atoms with E-state index in [4.69, 9.17) is 8.83 Å². The van der Waals surface area contributed by atoms with Gasteiger partial charge in [0.1, 0.15) is 22.2 Å². The largest absolute Gasteiger partial charge is 0.469 e. The maximum Gasteiger partial charge on any atom is 0.244 e. The minimum absolute atomic E-state index is 0.0220. The average molecular weight is 313 g/mol. The molecule has 0 aromatic carbocycles. The van der Waals surface area contributed by atoms with E-state index in [0.29, 0.717) is 23.5 Å². The number of aryl methyl sites for hydroxylation is 2. The lowest BCUT2D eigenvalue weighted by Gasteiger charge is -2.13. The van der Waals surface area contributed by atoms with Crippen LogP contribution in [-0.2, 0) is 23.1 Å². The Balaban J connectivity index is 2.22. The van der Waals surface area contributed by atoms with E-state index in [9.17, 15) is 13.5 Å². The fourth-order valence-electron chi connectivity index (χ4n) is 2.34. The summed E-state index contributed by atoms with van der Waals surface area (Å²) in [5.74, 6) is 1.39. The molecule has 6 nitrogen and oxygen atoms in total. The highest BCUT2D eigenvalue weighted by molar-refractivity contribution is 7.89. The van der Waals surface area contributed by atoms with E-state index in [0.717, 1.165) is 0 Å². The van der Waals surface area contributed by atoms with Crippen molar-refractivity contribution in [1.82, 2.24) is 4.72 Å². The Bertz CT molecular complexity index is 700. The quantitative estimate of drug-likeness (QED) is 0.849. The lowest BCUT2D eigenvalue weighted by molar-refractivity contribution is 0.276. The number of rotatable bonds is 6. The lowest BCUT2D eigenvalue weighted by Crippen LogP contribution is -2.34. The van der Waals surface area contributed by atoms with E-state index in [-0.39, 0.29) is 23.3 Å². The number of sulfonamides is 1. The zero-order chi connectivity index (χ0) is 15.6. The predicted octanol–water partition coefficient (Wildman–Crippen LogP) is 1.89. The summed E-state index contributed by atoms with van der Waals surface area (Å²) in [5.41, 5.74) is 0.296. The highest BCUT2D eigenvalue weighted by atomic mass is 32.2. The van der Waals surface area contributed by atoms with Crippen LogP contribution in [0.25, 0.3) is 0 Å². The molecule has 21 heavy (non-hydrogen) atoms. The van der Waals surface area contributed by atoms with Gasteiger partial charge in [-0.1, -0.05) is 0 Å². The van der Waals surface area contributed by atoms with Gasteiger partial charge in [0, 0.05) is 18.0 Å². The number of hydrogen-bond acceptors (Lipinski definition) is 5. The van der Waals surface area contributed by atoms with Gasteiger partial charge < -0.3 is 13.9 Å². The Morgan fingerprint density at radius 3 is 2.62 bits per heavy atom. The Labute approximate surface area is 123 Å². The van der Waals surface area contributed by atoms with E-state index >= 15 is 0 Å². The van der Waals surface area contributed by atoms with Crippen molar-refractivity contribution in [2.24, 2.45) is 0 Å². The summed E-state index contributed by atoms with van der Waals surface area (Å²) in [5, 5.41) is 9.35. The molecule has 0 saturated heterocycles. The van der Waals surface area contributed by atoms with Crippen LogP contribution in [0.4, 0.5) is 0 Å². The molecule has 2 aromatic rings. The fraction of sp³-hybridized carbons (Fsp3) is 0.429. The van der Waals surface area contributed by atoms with Crippen LogP contribution in [0.1, 0.15) is 29.8 Å². The van der Waals surface area contributed by atoms with Gasteiger partial charge in [-0.3, -0.25) is 0 Å². The summed E-state index contributed by atoms with van der Waals surface area (Å²) >= 11 is 0. The summed E-state index contributed by atoms with van der Waals surface area (Å²) in [6.45, 7) is 4.56. The van der Waals surface area contributed by atoms with Gasteiger partial charge in [-0.25, -0.2) is 13.1 Å². The van der Waals surface area contributed by atoms with Crippen molar-refractivity contribution in [3.8, 4) is 0 Å². The maximum absolute atomic E-state index is 12.5. The lowest BCUT2D eigenvalue weighted by atomic mass is 10.2. The van der Waals surface area contributed by atoms with Gasteiger partial charge in [0.05, 0.1) is 12.9 Å². The smallest absolute Gasteiger partial charge is 0.244 e. The summed E-state index contributed by atoms with van der Waals surface area (Å²) < 4.78 is 38.0. The molecule has 0 bridgehead atoms. The molecular formula is C14H19NO5S. The number of aliphatic hydroxyl groups excluding tert-OH is 1. The van der Waals surface area contributed by atoms with Crippen molar-refractivity contribution in [3.05, 3.63) is 41.2 Å². The molecule has 0 fully saturated rings. The van der Waals surface area contributed by atoms with Gasteiger partial charge in [0.2, 0.25) is 10.0 Å². The van der Waals surface area contributed by atoms with Crippen molar-refractivity contribution < 1.29 is 22.4 Å². The molecule has 2 N–H and O–H groups in total. The van der Waals surface area contributed by atoms with Gasteiger partial charge in [-0.2, -0.15) is 0 Å². The van der Waals surface area contributed by atoms with Crippen LogP contribution in [0.2, 0.25) is 0 Å². The molecule has 2 heterocycles. The van der Waals surface area contributed by atoms with Crippen LogP contribution >= 0.6 is 0 Å². The van der Waals surface area contributed by atoms with Gasteiger partial charge in [-0.05, 0) is 32.9 Å². The Hall–Kier alpha value is -1.57. The van der Waals surface area contributed by atoms with Gasteiger partial charge >= 0.3 is 0 Å². The minimum atomic E-state index is -3.76. The molecule has 2 aromatic heterocycles. The zero-order valence-electron chi connectivity index (χ0n) is 12.2. The molecule has 7 heteroatoms. The first-order valence-corrected chi connectivity index (χ1v) is 8.08. The minimum Gasteiger partial charge on any atom is -0.469 e. The standard InChI is InChI=1S/C14H19NO5S/c1-9(7-12-5-4-6-19-12)15-21(17,18)14-11(3)20-10(2)13(14)8-16/h4-6,9,15-16H,7-8H2,1-3H3. The predicted molar refractivity (Wildman–Crippen MR) is 76.3 cm³/mol. The zero-order valence-corrected chi connectivity index (χ0v) is 13.0. The molecule has 0 spiro atoms. The Morgan fingerprint density at radius 1 is 1.33 bits per heavy atom. The van der Waals surface area contributed by atoms with E-state index in [1.54, 1.807) is 39.2 Å². The first kappa shape index (κ1) is 15.8. The summed E-state index contributed by atoms with van der Waals surface area (Å²) in [4.78, 5) is 0.0220. The van der Waals surface area contributed by atoms with E-state index in [2.05, 4.69) is 4.72 Å².